The number of ether oxygens (including phenoxy) is 1. The lowest BCUT2D eigenvalue weighted by Crippen LogP contribution is -2.06. The van der Waals surface area contributed by atoms with Crippen molar-refractivity contribution >= 4 is 23.2 Å². The minimum absolute atomic E-state index is 0.194. The summed E-state index contributed by atoms with van der Waals surface area (Å²) in [5.74, 6) is 0. The van der Waals surface area contributed by atoms with Crippen molar-refractivity contribution in [3.8, 4) is 0 Å². The van der Waals surface area contributed by atoms with Gasteiger partial charge in [-0.05, 0) is 19.3 Å². The van der Waals surface area contributed by atoms with Gasteiger partial charge in [0.2, 0.25) is 0 Å². The summed E-state index contributed by atoms with van der Waals surface area (Å²) in [5.41, 5.74) is 0. The van der Waals surface area contributed by atoms with Gasteiger partial charge < -0.3 is 9.84 Å². The zero-order chi connectivity index (χ0) is 8.53. The van der Waals surface area contributed by atoms with Crippen molar-refractivity contribution in [2.24, 2.45) is 0 Å². The third-order valence-electron chi connectivity index (χ3n) is 1.48. The molecule has 68 valence electrons. The molecule has 0 aliphatic carbocycles. The van der Waals surface area contributed by atoms with Gasteiger partial charge >= 0.3 is 0 Å². The molecule has 1 N–H and O–H groups in total. The highest BCUT2D eigenvalue weighted by Gasteiger charge is 2.13. The second-order valence-electron chi connectivity index (χ2n) is 2.25. The van der Waals surface area contributed by atoms with Crippen LogP contribution in [0.3, 0.4) is 0 Å². The zero-order valence-electron chi connectivity index (χ0n) is 6.43. The second kappa shape index (κ2) is 8.60. The van der Waals surface area contributed by atoms with Crippen molar-refractivity contribution in [3.63, 3.8) is 0 Å². The third kappa shape index (κ3) is 6.88. The number of rotatable bonds is 2. The summed E-state index contributed by atoms with van der Waals surface area (Å²) in [6, 6.07) is 0. The molecule has 0 bridgehead atoms. The van der Waals surface area contributed by atoms with Gasteiger partial charge in [-0.2, -0.15) is 0 Å². The predicted molar refractivity (Wildman–Crippen MR) is 47.2 cm³/mol. The molecule has 1 saturated heterocycles. The second-order valence-corrected chi connectivity index (χ2v) is 3.06. The lowest BCUT2D eigenvalue weighted by atomic mass is 10.2. The maximum atomic E-state index is 8.45. The van der Waals surface area contributed by atoms with E-state index >= 15 is 0 Å². The van der Waals surface area contributed by atoms with E-state index in [1.54, 1.807) is 0 Å². The van der Waals surface area contributed by atoms with Gasteiger partial charge in [-0.15, -0.1) is 23.2 Å². The standard InChI is InChI=1S/C6H12O2.CH2Cl2/c7-4-3-6-2-1-5-8-6;2-1-3/h6-7H,1-5H2;1H2. The lowest BCUT2D eigenvalue weighted by Gasteiger charge is -2.03. The number of aliphatic hydroxyl groups is 1. The van der Waals surface area contributed by atoms with Gasteiger partial charge in [-0.1, -0.05) is 0 Å². The van der Waals surface area contributed by atoms with E-state index in [9.17, 15) is 0 Å². The van der Waals surface area contributed by atoms with E-state index in [4.69, 9.17) is 33.0 Å². The molecule has 0 amide bonds. The molecule has 0 spiro atoms. The Balaban J connectivity index is 0.000000292. The molecule has 11 heavy (non-hydrogen) atoms. The van der Waals surface area contributed by atoms with E-state index in [2.05, 4.69) is 0 Å². The first-order valence-electron chi connectivity index (χ1n) is 3.69. The Morgan fingerprint density at radius 2 is 2.09 bits per heavy atom. The minimum atomic E-state index is 0.194. The maximum Gasteiger partial charge on any atom is 0.0967 e. The maximum absolute atomic E-state index is 8.45. The first kappa shape index (κ1) is 11.5. The Hall–Kier alpha value is 0.500. The number of halogens is 2. The van der Waals surface area contributed by atoms with Crippen LogP contribution in [-0.2, 0) is 4.74 Å². The molecule has 1 rings (SSSR count). The molecular weight excluding hydrogens is 187 g/mol. The Kier molecular flexibility index (Phi) is 8.99. The van der Waals surface area contributed by atoms with Crippen LogP contribution in [0.2, 0.25) is 0 Å². The van der Waals surface area contributed by atoms with Gasteiger partial charge in [0.15, 0.2) is 0 Å². The highest BCUT2D eigenvalue weighted by Crippen LogP contribution is 2.13. The molecule has 1 aliphatic heterocycles. The van der Waals surface area contributed by atoms with Crippen LogP contribution in [0.1, 0.15) is 19.3 Å². The van der Waals surface area contributed by atoms with Crippen LogP contribution in [0.5, 0.6) is 0 Å². The molecule has 1 aliphatic rings. The van der Waals surface area contributed by atoms with E-state index in [1.807, 2.05) is 0 Å². The molecule has 2 nitrogen and oxygen atoms in total. The van der Waals surface area contributed by atoms with Crippen molar-refractivity contribution in [2.45, 2.75) is 25.4 Å². The number of hydrogen-bond donors (Lipinski definition) is 1. The van der Waals surface area contributed by atoms with Crippen LogP contribution in [0.25, 0.3) is 0 Å². The molecule has 1 unspecified atom stereocenters. The van der Waals surface area contributed by atoms with Gasteiger partial charge in [0.05, 0.1) is 11.4 Å². The predicted octanol–water partition coefficient (Wildman–Crippen LogP) is 1.97. The van der Waals surface area contributed by atoms with E-state index < -0.39 is 0 Å². The van der Waals surface area contributed by atoms with E-state index in [0.717, 1.165) is 19.4 Å². The summed E-state index contributed by atoms with van der Waals surface area (Å²) in [6.07, 6.45) is 3.49. The fourth-order valence-corrected chi connectivity index (χ4v) is 1.02. The monoisotopic (exact) mass is 200 g/mol. The average molecular weight is 201 g/mol. The number of hydrogen-bond acceptors (Lipinski definition) is 2. The molecule has 0 radical (unpaired) electrons. The Labute approximate surface area is 77.4 Å². The summed E-state index contributed by atoms with van der Waals surface area (Å²) in [5, 5.41) is 8.64. The number of aliphatic hydroxyl groups excluding tert-OH is 1. The molecule has 4 heteroatoms. The van der Waals surface area contributed by atoms with Gasteiger partial charge in [0, 0.05) is 13.2 Å². The fraction of sp³-hybridized carbons (Fsp3) is 1.00. The molecule has 0 aromatic carbocycles. The van der Waals surface area contributed by atoms with Gasteiger partial charge in [-0.25, -0.2) is 0 Å². The highest BCUT2D eigenvalue weighted by atomic mass is 35.5. The molecule has 0 aromatic rings. The largest absolute Gasteiger partial charge is 0.396 e. The molecule has 1 heterocycles. The fourth-order valence-electron chi connectivity index (χ4n) is 1.02. The van der Waals surface area contributed by atoms with Gasteiger partial charge in [-0.3, -0.25) is 0 Å². The third-order valence-corrected chi connectivity index (χ3v) is 1.48. The minimum Gasteiger partial charge on any atom is -0.396 e. The van der Waals surface area contributed by atoms with Crippen molar-refractivity contribution in [2.75, 3.05) is 18.6 Å². The van der Waals surface area contributed by atoms with Crippen LogP contribution in [0.15, 0.2) is 0 Å². The summed E-state index contributed by atoms with van der Waals surface area (Å²) >= 11 is 9.53. The first-order chi connectivity index (χ1) is 5.35. The van der Waals surface area contributed by atoms with Crippen LogP contribution >= 0.6 is 23.2 Å². The van der Waals surface area contributed by atoms with Crippen LogP contribution in [-0.4, -0.2) is 29.8 Å². The Morgan fingerprint density at radius 3 is 2.45 bits per heavy atom. The highest BCUT2D eigenvalue weighted by molar-refractivity contribution is 6.40. The quantitative estimate of drug-likeness (QED) is 0.692. The van der Waals surface area contributed by atoms with E-state index in [-0.39, 0.29) is 11.9 Å². The summed E-state index contributed by atoms with van der Waals surface area (Å²) in [6.45, 7) is 1.16. The average Bonchev–Trinajstić information content (AvgIpc) is 2.42. The SMILES string of the molecule is ClCCl.OCCC1CCCO1. The van der Waals surface area contributed by atoms with E-state index in [0.29, 0.717) is 6.10 Å². The molecular formula is C7H14Cl2O2. The summed E-state index contributed by atoms with van der Waals surface area (Å²) in [7, 11) is 0. The smallest absolute Gasteiger partial charge is 0.0967 e. The topological polar surface area (TPSA) is 29.5 Å². The first-order valence-corrected chi connectivity index (χ1v) is 4.76. The van der Waals surface area contributed by atoms with Crippen LogP contribution in [0, 0.1) is 0 Å². The van der Waals surface area contributed by atoms with Crippen molar-refractivity contribution in [3.05, 3.63) is 0 Å². The van der Waals surface area contributed by atoms with Crippen molar-refractivity contribution in [1.29, 1.82) is 0 Å². The molecule has 1 fully saturated rings. The summed E-state index contributed by atoms with van der Waals surface area (Å²) in [4.78, 5) is 0. The molecule has 0 aromatic heterocycles. The normalized spacial score (nSPS) is 22.6. The Morgan fingerprint density at radius 1 is 1.45 bits per heavy atom. The summed E-state index contributed by atoms with van der Waals surface area (Å²) < 4.78 is 5.23. The van der Waals surface area contributed by atoms with E-state index in [1.165, 1.54) is 6.42 Å². The van der Waals surface area contributed by atoms with Crippen molar-refractivity contribution < 1.29 is 9.84 Å². The number of alkyl halides is 2. The molecule has 0 saturated carbocycles. The Bertz CT molecular complexity index is 74.8. The van der Waals surface area contributed by atoms with Gasteiger partial charge in [0.1, 0.15) is 0 Å². The van der Waals surface area contributed by atoms with Crippen LogP contribution < -0.4 is 0 Å². The van der Waals surface area contributed by atoms with Crippen molar-refractivity contribution in [1.82, 2.24) is 0 Å². The van der Waals surface area contributed by atoms with Gasteiger partial charge in [0.25, 0.3) is 0 Å². The zero-order valence-corrected chi connectivity index (χ0v) is 7.94. The van der Waals surface area contributed by atoms with Crippen LogP contribution in [0.4, 0.5) is 0 Å². The lowest BCUT2D eigenvalue weighted by molar-refractivity contribution is 0.0868. The molecule has 1 atom stereocenters.